The maximum absolute atomic E-state index is 12.5. The molecule has 0 aliphatic carbocycles. The van der Waals surface area contributed by atoms with Gasteiger partial charge in [-0.2, -0.15) is 0 Å². The Morgan fingerprint density at radius 1 is 1.05 bits per heavy atom. The van der Waals surface area contributed by atoms with Gasteiger partial charge in [-0.1, -0.05) is 42.5 Å². The molecule has 0 aliphatic heterocycles. The number of nitrogens with zero attached hydrogens (tertiary/aromatic N) is 1. The lowest BCUT2D eigenvalue weighted by atomic mass is 10.1. The minimum atomic E-state index is 0.0568. The van der Waals surface area contributed by atoms with Crippen molar-refractivity contribution in [1.82, 2.24) is 4.90 Å². The molecule has 98 valence electrons. The topological polar surface area (TPSA) is 20.3 Å². The van der Waals surface area contributed by atoms with Gasteiger partial charge >= 0.3 is 0 Å². The van der Waals surface area contributed by atoms with Crippen LogP contribution in [0.3, 0.4) is 0 Å². The maximum Gasteiger partial charge on any atom is 0.255 e. The van der Waals surface area contributed by atoms with E-state index in [4.69, 9.17) is 0 Å². The molecule has 1 unspecified atom stereocenters. The second-order valence-corrected chi connectivity index (χ2v) is 5.64. The maximum atomic E-state index is 12.5. The molecular weight excluding hydrogens is 349 g/mol. The largest absolute Gasteiger partial charge is 0.335 e. The van der Waals surface area contributed by atoms with Crippen LogP contribution in [0.1, 0.15) is 28.9 Å². The molecule has 0 aromatic heterocycles. The van der Waals surface area contributed by atoms with Gasteiger partial charge in [0.25, 0.3) is 5.91 Å². The predicted molar refractivity (Wildman–Crippen MR) is 86.1 cm³/mol. The second kappa shape index (κ2) is 6.19. The van der Waals surface area contributed by atoms with Crippen molar-refractivity contribution < 1.29 is 4.79 Å². The van der Waals surface area contributed by atoms with Crippen molar-refractivity contribution in [1.29, 1.82) is 0 Å². The molecule has 2 nitrogen and oxygen atoms in total. The molecule has 0 fully saturated rings. The summed E-state index contributed by atoms with van der Waals surface area (Å²) in [6.45, 7) is 2.04. The molecule has 19 heavy (non-hydrogen) atoms. The van der Waals surface area contributed by atoms with E-state index in [-0.39, 0.29) is 11.9 Å². The van der Waals surface area contributed by atoms with Gasteiger partial charge in [-0.15, -0.1) is 0 Å². The smallest absolute Gasteiger partial charge is 0.255 e. The van der Waals surface area contributed by atoms with Gasteiger partial charge in [-0.05, 0) is 47.2 Å². The van der Waals surface area contributed by atoms with Crippen LogP contribution in [0.4, 0.5) is 0 Å². The summed E-state index contributed by atoms with van der Waals surface area (Å²) in [5, 5.41) is 0. The van der Waals surface area contributed by atoms with Crippen molar-refractivity contribution in [2.45, 2.75) is 13.0 Å². The van der Waals surface area contributed by atoms with Gasteiger partial charge in [0.15, 0.2) is 0 Å². The molecule has 2 rings (SSSR count). The van der Waals surface area contributed by atoms with Gasteiger partial charge in [0, 0.05) is 10.6 Å². The minimum absolute atomic E-state index is 0.0568. The summed E-state index contributed by atoms with van der Waals surface area (Å²) in [5.41, 5.74) is 1.90. The molecule has 0 saturated carbocycles. The van der Waals surface area contributed by atoms with Crippen LogP contribution in [-0.4, -0.2) is 17.9 Å². The van der Waals surface area contributed by atoms with Crippen LogP contribution >= 0.6 is 22.6 Å². The van der Waals surface area contributed by atoms with Crippen LogP contribution in [0, 0.1) is 3.57 Å². The van der Waals surface area contributed by atoms with E-state index in [1.165, 1.54) is 0 Å². The number of carbonyl (C=O) groups is 1. The summed E-state index contributed by atoms with van der Waals surface area (Å²) in [4.78, 5) is 14.3. The Bertz CT molecular complexity index is 568. The lowest BCUT2D eigenvalue weighted by molar-refractivity contribution is 0.0741. The first-order valence-electron chi connectivity index (χ1n) is 6.18. The molecule has 0 aliphatic rings. The summed E-state index contributed by atoms with van der Waals surface area (Å²) >= 11 is 2.20. The number of benzene rings is 2. The van der Waals surface area contributed by atoms with E-state index in [0.29, 0.717) is 0 Å². The number of halogens is 1. The first-order valence-corrected chi connectivity index (χ1v) is 7.25. The lowest BCUT2D eigenvalue weighted by Crippen LogP contribution is -2.30. The number of amides is 1. The van der Waals surface area contributed by atoms with Crippen molar-refractivity contribution in [3.05, 3.63) is 69.3 Å². The molecule has 0 saturated heterocycles. The number of hydrogen-bond acceptors (Lipinski definition) is 1. The lowest BCUT2D eigenvalue weighted by Gasteiger charge is -2.25. The quantitative estimate of drug-likeness (QED) is 0.750. The highest BCUT2D eigenvalue weighted by Gasteiger charge is 2.20. The normalized spacial score (nSPS) is 11.9. The zero-order valence-electron chi connectivity index (χ0n) is 11.0. The summed E-state index contributed by atoms with van der Waals surface area (Å²) in [6.07, 6.45) is 0. The van der Waals surface area contributed by atoms with Gasteiger partial charge in [0.2, 0.25) is 0 Å². The van der Waals surface area contributed by atoms with E-state index in [0.717, 1.165) is 14.7 Å². The number of hydrogen-bond donors (Lipinski definition) is 0. The van der Waals surface area contributed by atoms with E-state index in [9.17, 15) is 4.79 Å². The Morgan fingerprint density at radius 2 is 1.63 bits per heavy atom. The zero-order chi connectivity index (χ0) is 13.8. The van der Waals surface area contributed by atoms with E-state index >= 15 is 0 Å². The van der Waals surface area contributed by atoms with Crippen molar-refractivity contribution in [2.75, 3.05) is 7.05 Å². The summed E-state index contributed by atoms with van der Waals surface area (Å²) in [7, 11) is 1.85. The average Bonchev–Trinajstić information content (AvgIpc) is 2.46. The van der Waals surface area contributed by atoms with Crippen molar-refractivity contribution in [2.24, 2.45) is 0 Å². The molecule has 1 amide bonds. The molecule has 0 spiro atoms. The summed E-state index contributed by atoms with van der Waals surface area (Å²) in [6, 6.07) is 17.8. The molecule has 0 N–H and O–H groups in total. The third-order valence-electron chi connectivity index (χ3n) is 3.29. The minimum Gasteiger partial charge on any atom is -0.335 e. The summed E-state index contributed by atoms with van der Waals surface area (Å²) < 4.78 is 0.984. The Labute approximate surface area is 127 Å². The van der Waals surface area contributed by atoms with E-state index in [1.807, 2.05) is 68.6 Å². The van der Waals surface area contributed by atoms with Gasteiger partial charge in [-0.25, -0.2) is 0 Å². The van der Waals surface area contributed by atoms with Crippen molar-refractivity contribution in [3.8, 4) is 0 Å². The zero-order valence-corrected chi connectivity index (χ0v) is 13.2. The summed E-state index contributed by atoms with van der Waals surface area (Å²) in [5.74, 6) is 0.0568. The predicted octanol–water partition coefficient (Wildman–Crippen LogP) is 4.12. The molecule has 0 bridgehead atoms. The van der Waals surface area contributed by atoms with Crippen LogP contribution in [0.5, 0.6) is 0 Å². The Morgan fingerprint density at radius 3 is 2.26 bits per heavy atom. The fourth-order valence-corrected chi connectivity index (χ4v) is 2.57. The molecule has 0 heterocycles. The highest BCUT2D eigenvalue weighted by atomic mass is 127. The highest BCUT2D eigenvalue weighted by Crippen LogP contribution is 2.22. The van der Waals surface area contributed by atoms with Crippen molar-refractivity contribution in [3.63, 3.8) is 0 Å². The fraction of sp³-hybridized carbons (Fsp3) is 0.188. The molecule has 3 heteroatoms. The molecule has 2 aromatic carbocycles. The molecule has 0 radical (unpaired) electrons. The Balaban J connectivity index is 2.23. The van der Waals surface area contributed by atoms with Crippen LogP contribution < -0.4 is 0 Å². The van der Waals surface area contributed by atoms with Gasteiger partial charge in [0.1, 0.15) is 0 Å². The number of rotatable bonds is 3. The second-order valence-electron chi connectivity index (χ2n) is 4.48. The Kier molecular flexibility index (Phi) is 4.58. The average molecular weight is 365 g/mol. The SMILES string of the molecule is CC(c1ccccc1)N(C)C(=O)c1ccccc1I. The standard InChI is InChI=1S/C16H16INO/c1-12(13-8-4-3-5-9-13)18(2)16(19)14-10-6-7-11-15(14)17/h3-12H,1-2H3. The fourth-order valence-electron chi connectivity index (χ4n) is 1.96. The molecular formula is C16H16INO. The first kappa shape index (κ1) is 14.1. The van der Waals surface area contributed by atoms with Crippen LogP contribution in [0.2, 0.25) is 0 Å². The van der Waals surface area contributed by atoms with E-state index < -0.39 is 0 Å². The van der Waals surface area contributed by atoms with Gasteiger partial charge in [0.05, 0.1) is 11.6 Å². The molecule has 2 aromatic rings. The van der Waals surface area contributed by atoms with Gasteiger partial charge < -0.3 is 4.90 Å². The van der Waals surface area contributed by atoms with Crippen LogP contribution in [-0.2, 0) is 0 Å². The van der Waals surface area contributed by atoms with E-state index in [2.05, 4.69) is 22.6 Å². The highest BCUT2D eigenvalue weighted by molar-refractivity contribution is 14.1. The third-order valence-corrected chi connectivity index (χ3v) is 4.23. The number of carbonyl (C=O) groups excluding carboxylic acids is 1. The van der Waals surface area contributed by atoms with Crippen molar-refractivity contribution >= 4 is 28.5 Å². The Hall–Kier alpha value is -1.36. The van der Waals surface area contributed by atoms with E-state index in [1.54, 1.807) is 4.90 Å². The monoisotopic (exact) mass is 365 g/mol. The van der Waals surface area contributed by atoms with Gasteiger partial charge in [-0.3, -0.25) is 4.79 Å². The van der Waals surface area contributed by atoms with Crippen LogP contribution in [0.25, 0.3) is 0 Å². The van der Waals surface area contributed by atoms with Crippen LogP contribution in [0.15, 0.2) is 54.6 Å². The third kappa shape index (κ3) is 3.15. The molecule has 1 atom stereocenters. The first-order chi connectivity index (χ1) is 9.11.